The highest BCUT2D eigenvalue weighted by Crippen LogP contribution is 2.42. The van der Waals surface area contributed by atoms with Gasteiger partial charge in [0.1, 0.15) is 27.2 Å². The molecule has 2 aliphatic heterocycles. The number of rotatable bonds is 4. The Morgan fingerprint density at radius 3 is 2.83 bits per heavy atom. The standard InChI is InChI=1S/C24H28F2N6O2S/c1-24(34)8-7-13-19(32-9-3-4-12(27)11-32)16(10-29-20(13)24)30-22(33)18-21(28)35-23(31-18)17-14(25)5-2-6-15(17)26/h2,5-6,12,29,34H,3-4,7-11,27-28H2,1H3,(H,30,33)/t12-,24+/m0/s1. The lowest BCUT2D eigenvalue weighted by molar-refractivity contribution is 0.0926. The molecular formula is C24H28F2N6O2S. The van der Waals surface area contributed by atoms with Crippen LogP contribution >= 0.6 is 11.3 Å². The van der Waals surface area contributed by atoms with E-state index in [1.807, 2.05) is 0 Å². The Hall–Kier alpha value is -3.02. The highest BCUT2D eigenvalue weighted by Gasteiger charge is 2.41. The zero-order valence-electron chi connectivity index (χ0n) is 19.3. The summed E-state index contributed by atoms with van der Waals surface area (Å²) in [5.74, 6) is -2.12. The molecule has 1 aliphatic carbocycles. The molecule has 11 heteroatoms. The van der Waals surface area contributed by atoms with Crippen LogP contribution in [0.15, 0.2) is 40.9 Å². The third-order valence-electron chi connectivity index (χ3n) is 6.80. The molecule has 5 rings (SSSR count). The lowest BCUT2D eigenvalue weighted by Gasteiger charge is -2.39. The molecule has 2 aromatic rings. The fraction of sp³-hybridized carbons (Fsp3) is 0.417. The minimum Gasteiger partial charge on any atom is -0.389 e. The van der Waals surface area contributed by atoms with Crippen molar-refractivity contribution in [1.82, 2.24) is 20.5 Å². The minimum atomic E-state index is -0.966. The molecule has 1 aromatic heterocycles. The second-order valence-electron chi connectivity index (χ2n) is 9.44. The number of likely N-dealkylation sites (tertiary alicyclic amines) is 1. The third kappa shape index (κ3) is 4.28. The Labute approximate surface area is 205 Å². The summed E-state index contributed by atoms with van der Waals surface area (Å²) in [6, 6.07) is 3.54. The maximum Gasteiger partial charge on any atom is 0.277 e. The fourth-order valence-corrected chi connectivity index (χ4v) is 6.00. The van der Waals surface area contributed by atoms with Crippen LogP contribution in [0.5, 0.6) is 0 Å². The van der Waals surface area contributed by atoms with Gasteiger partial charge >= 0.3 is 0 Å². The van der Waals surface area contributed by atoms with E-state index in [1.165, 1.54) is 6.07 Å². The molecule has 2 atom stereocenters. The molecule has 0 spiro atoms. The molecule has 1 fully saturated rings. The van der Waals surface area contributed by atoms with Crippen molar-refractivity contribution in [3.05, 3.63) is 58.2 Å². The number of allylic oxidation sites excluding steroid dienone is 1. The van der Waals surface area contributed by atoms with Crippen molar-refractivity contribution in [2.24, 2.45) is 5.73 Å². The normalized spacial score (nSPS) is 24.5. The lowest BCUT2D eigenvalue weighted by Crippen LogP contribution is -2.47. The molecule has 7 N–H and O–H groups in total. The smallest absolute Gasteiger partial charge is 0.277 e. The van der Waals surface area contributed by atoms with Crippen LogP contribution in [0.1, 0.15) is 43.1 Å². The van der Waals surface area contributed by atoms with E-state index in [0.29, 0.717) is 31.6 Å². The Morgan fingerprint density at radius 1 is 1.37 bits per heavy atom. The van der Waals surface area contributed by atoms with Gasteiger partial charge in [-0.1, -0.05) is 17.4 Å². The highest BCUT2D eigenvalue weighted by molar-refractivity contribution is 7.19. The van der Waals surface area contributed by atoms with Crippen LogP contribution in [-0.4, -0.2) is 52.2 Å². The number of aromatic nitrogens is 1. The SMILES string of the molecule is C[C@@]1(O)CCC2=C1NCC(NC(=O)c1nc(-c3c(F)cccc3F)sc1N)=C2N1CCC[C@H](N)C1. The maximum atomic E-state index is 14.3. The van der Waals surface area contributed by atoms with E-state index in [0.717, 1.165) is 59.8 Å². The number of nitrogens with one attached hydrogen (secondary N) is 2. The Kier molecular flexibility index (Phi) is 6.02. The predicted octanol–water partition coefficient (Wildman–Crippen LogP) is 2.44. The van der Waals surface area contributed by atoms with Crippen molar-refractivity contribution in [2.45, 2.75) is 44.2 Å². The first-order valence-corrected chi connectivity index (χ1v) is 12.4. The summed E-state index contributed by atoms with van der Waals surface area (Å²) in [4.78, 5) is 19.6. The fourth-order valence-electron chi connectivity index (χ4n) is 5.12. The van der Waals surface area contributed by atoms with E-state index in [-0.39, 0.29) is 27.3 Å². The monoisotopic (exact) mass is 502 g/mol. The zero-order chi connectivity index (χ0) is 24.9. The molecule has 186 valence electrons. The van der Waals surface area contributed by atoms with Gasteiger partial charge in [-0.05, 0) is 50.3 Å². The van der Waals surface area contributed by atoms with Crippen molar-refractivity contribution in [3.8, 4) is 10.6 Å². The van der Waals surface area contributed by atoms with Gasteiger partial charge in [0.25, 0.3) is 5.91 Å². The third-order valence-corrected chi connectivity index (χ3v) is 7.70. The van der Waals surface area contributed by atoms with Gasteiger partial charge < -0.3 is 32.1 Å². The number of aliphatic hydroxyl groups is 1. The number of anilines is 1. The molecule has 0 saturated carbocycles. The first kappa shape index (κ1) is 23.7. The van der Waals surface area contributed by atoms with Crippen molar-refractivity contribution in [2.75, 3.05) is 25.4 Å². The number of thiazole rings is 1. The van der Waals surface area contributed by atoms with Crippen molar-refractivity contribution in [1.29, 1.82) is 0 Å². The van der Waals surface area contributed by atoms with Crippen LogP contribution in [0, 0.1) is 11.6 Å². The number of nitrogens with zero attached hydrogens (tertiary/aromatic N) is 2. The van der Waals surface area contributed by atoms with Crippen molar-refractivity contribution >= 4 is 22.2 Å². The molecule has 0 unspecified atom stereocenters. The molecule has 1 saturated heterocycles. The lowest BCUT2D eigenvalue weighted by atomic mass is 9.98. The second kappa shape index (κ2) is 8.89. The van der Waals surface area contributed by atoms with Gasteiger partial charge in [-0.3, -0.25) is 4.79 Å². The number of nitrogens with two attached hydrogens (primary N) is 2. The van der Waals surface area contributed by atoms with Gasteiger partial charge in [0.2, 0.25) is 0 Å². The number of nitrogen functional groups attached to an aromatic ring is 1. The number of carbonyl (C=O) groups is 1. The van der Waals surface area contributed by atoms with Gasteiger partial charge in [-0.25, -0.2) is 13.8 Å². The molecule has 0 bridgehead atoms. The summed E-state index contributed by atoms with van der Waals surface area (Å²) in [7, 11) is 0. The first-order valence-electron chi connectivity index (χ1n) is 11.6. The number of amides is 1. The highest BCUT2D eigenvalue weighted by atomic mass is 32.1. The zero-order valence-corrected chi connectivity index (χ0v) is 20.1. The average Bonchev–Trinajstić information content (AvgIpc) is 3.32. The van der Waals surface area contributed by atoms with Crippen LogP contribution in [0.2, 0.25) is 0 Å². The van der Waals surface area contributed by atoms with Gasteiger partial charge in [-0.2, -0.15) is 0 Å². The number of piperidine rings is 1. The first-order chi connectivity index (χ1) is 16.7. The molecule has 8 nitrogen and oxygen atoms in total. The Morgan fingerprint density at radius 2 is 2.11 bits per heavy atom. The van der Waals surface area contributed by atoms with E-state index < -0.39 is 23.1 Å². The van der Waals surface area contributed by atoms with Crippen LogP contribution in [0.3, 0.4) is 0 Å². The average molecular weight is 503 g/mol. The van der Waals surface area contributed by atoms with E-state index >= 15 is 0 Å². The van der Waals surface area contributed by atoms with Gasteiger partial charge in [0.15, 0.2) is 5.69 Å². The topological polar surface area (TPSA) is 130 Å². The van der Waals surface area contributed by atoms with Crippen LogP contribution in [0.25, 0.3) is 10.6 Å². The summed E-state index contributed by atoms with van der Waals surface area (Å²) < 4.78 is 28.5. The van der Waals surface area contributed by atoms with Crippen LogP contribution in [0.4, 0.5) is 13.8 Å². The number of benzene rings is 1. The maximum absolute atomic E-state index is 14.3. The van der Waals surface area contributed by atoms with Crippen molar-refractivity contribution < 1.29 is 18.7 Å². The molecule has 0 radical (unpaired) electrons. The summed E-state index contributed by atoms with van der Waals surface area (Å²) >= 11 is 0.855. The molecule has 3 aliphatic rings. The van der Waals surface area contributed by atoms with Gasteiger partial charge in [-0.15, -0.1) is 0 Å². The summed E-state index contributed by atoms with van der Waals surface area (Å²) in [5, 5.41) is 17.1. The van der Waals surface area contributed by atoms with Gasteiger partial charge in [0, 0.05) is 24.8 Å². The molecule has 35 heavy (non-hydrogen) atoms. The van der Waals surface area contributed by atoms with Crippen molar-refractivity contribution in [3.63, 3.8) is 0 Å². The minimum absolute atomic E-state index is 0.00180. The molecular weight excluding hydrogens is 474 g/mol. The molecule has 3 heterocycles. The van der Waals surface area contributed by atoms with Crippen LogP contribution < -0.4 is 22.1 Å². The second-order valence-corrected chi connectivity index (χ2v) is 10.5. The summed E-state index contributed by atoms with van der Waals surface area (Å²) in [6.07, 6.45) is 3.09. The quantitative estimate of drug-likeness (QED) is 0.434. The Bertz CT molecular complexity index is 1230. The summed E-state index contributed by atoms with van der Waals surface area (Å²) in [6.45, 7) is 3.51. The van der Waals surface area contributed by atoms with E-state index in [9.17, 15) is 18.7 Å². The summed E-state index contributed by atoms with van der Waals surface area (Å²) in [5.41, 5.74) is 14.2. The van der Waals surface area contributed by atoms with Gasteiger partial charge in [0.05, 0.1) is 23.5 Å². The van der Waals surface area contributed by atoms with E-state index in [4.69, 9.17) is 11.5 Å². The molecule has 1 amide bonds. The number of hydrogen-bond acceptors (Lipinski definition) is 8. The van der Waals surface area contributed by atoms with Crippen LogP contribution in [-0.2, 0) is 0 Å². The number of hydrogen-bond donors (Lipinski definition) is 5. The number of halogens is 2. The van der Waals surface area contributed by atoms with E-state index in [2.05, 4.69) is 20.5 Å². The largest absolute Gasteiger partial charge is 0.389 e. The Balaban J connectivity index is 1.50. The predicted molar refractivity (Wildman–Crippen MR) is 130 cm³/mol. The molecule has 1 aromatic carbocycles. The van der Waals surface area contributed by atoms with E-state index in [1.54, 1.807) is 6.92 Å². The number of dihydropyridines is 1. The number of carbonyl (C=O) groups excluding carboxylic acids is 1.